The lowest BCUT2D eigenvalue weighted by Crippen LogP contribution is -2.57. The van der Waals surface area contributed by atoms with Crippen LogP contribution in [0.15, 0.2) is 0 Å². The minimum atomic E-state index is 0.495. The quantitative estimate of drug-likeness (QED) is 0.520. The molecule has 2 heterocycles. The van der Waals surface area contributed by atoms with Crippen LogP contribution in [0.3, 0.4) is 0 Å². The third-order valence-electron chi connectivity index (χ3n) is 2.73. The topological polar surface area (TPSA) is 24.5 Å². The monoisotopic (exact) mass is 156 g/mol. The lowest BCUT2D eigenvalue weighted by atomic mass is 10.0. The van der Waals surface area contributed by atoms with Gasteiger partial charge in [0.2, 0.25) is 0 Å². The zero-order valence-corrected chi connectivity index (χ0v) is 7.05. The van der Waals surface area contributed by atoms with Crippen molar-refractivity contribution in [1.29, 1.82) is 0 Å². The highest BCUT2D eigenvalue weighted by atomic mass is 16.5. The first-order chi connectivity index (χ1) is 5.38. The highest BCUT2D eigenvalue weighted by molar-refractivity contribution is 4.87. The first-order valence-corrected chi connectivity index (χ1v) is 4.40. The van der Waals surface area contributed by atoms with Crippen molar-refractivity contribution in [3.05, 3.63) is 0 Å². The van der Waals surface area contributed by atoms with E-state index < -0.39 is 0 Å². The van der Waals surface area contributed by atoms with Gasteiger partial charge in [0.05, 0.1) is 12.7 Å². The van der Waals surface area contributed by atoms with Gasteiger partial charge in [-0.2, -0.15) is 0 Å². The Labute approximate surface area is 67.7 Å². The zero-order chi connectivity index (χ0) is 7.68. The van der Waals surface area contributed by atoms with E-state index in [9.17, 15) is 0 Å². The van der Waals surface area contributed by atoms with Gasteiger partial charge in [0.15, 0.2) is 0 Å². The van der Waals surface area contributed by atoms with E-state index in [-0.39, 0.29) is 0 Å². The summed E-state index contributed by atoms with van der Waals surface area (Å²) < 4.78 is 5.67. The summed E-state index contributed by atoms with van der Waals surface area (Å²) in [5.41, 5.74) is 0. The standard InChI is InChI=1S/C8H16N2O/c1-10-4-5-11-8-2-3-9-6-7(8)10/h7-9H,2-6H2,1H3/t7-,8+/m0/s1. The number of ether oxygens (including phenoxy) is 1. The van der Waals surface area contributed by atoms with Gasteiger partial charge in [-0.25, -0.2) is 0 Å². The van der Waals surface area contributed by atoms with Gasteiger partial charge >= 0.3 is 0 Å². The van der Waals surface area contributed by atoms with Gasteiger partial charge in [-0.15, -0.1) is 0 Å². The Balaban J connectivity index is 1.99. The number of nitrogens with zero attached hydrogens (tertiary/aromatic N) is 1. The molecule has 0 saturated carbocycles. The molecule has 0 aromatic heterocycles. The minimum absolute atomic E-state index is 0.495. The van der Waals surface area contributed by atoms with Crippen molar-refractivity contribution in [1.82, 2.24) is 10.2 Å². The Morgan fingerprint density at radius 1 is 1.55 bits per heavy atom. The summed E-state index contributed by atoms with van der Waals surface area (Å²) >= 11 is 0. The highest BCUT2D eigenvalue weighted by Gasteiger charge is 2.31. The van der Waals surface area contributed by atoms with Crippen LogP contribution in [-0.2, 0) is 4.74 Å². The van der Waals surface area contributed by atoms with Crippen LogP contribution >= 0.6 is 0 Å². The first-order valence-electron chi connectivity index (χ1n) is 4.40. The predicted molar refractivity (Wildman–Crippen MR) is 43.6 cm³/mol. The number of hydrogen-bond donors (Lipinski definition) is 1. The van der Waals surface area contributed by atoms with Crippen molar-refractivity contribution in [3.63, 3.8) is 0 Å². The summed E-state index contributed by atoms with van der Waals surface area (Å²) in [6.07, 6.45) is 1.67. The van der Waals surface area contributed by atoms with E-state index in [2.05, 4.69) is 17.3 Å². The molecule has 2 saturated heterocycles. The summed E-state index contributed by atoms with van der Waals surface area (Å²) in [6, 6.07) is 0.623. The summed E-state index contributed by atoms with van der Waals surface area (Å²) in [6.45, 7) is 4.22. The van der Waals surface area contributed by atoms with Crippen LogP contribution < -0.4 is 5.32 Å². The molecular weight excluding hydrogens is 140 g/mol. The van der Waals surface area contributed by atoms with Gasteiger partial charge in [-0.3, -0.25) is 4.90 Å². The molecule has 3 nitrogen and oxygen atoms in total. The predicted octanol–water partition coefficient (Wildman–Crippen LogP) is -0.321. The van der Waals surface area contributed by atoms with Crippen LogP contribution in [0.5, 0.6) is 0 Å². The fourth-order valence-electron chi connectivity index (χ4n) is 1.97. The molecule has 0 aromatic rings. The van der Waals surface area contributed by atoms with E-state index in [1.54, 1.807) is 0 Å². The van der Waals surface area contributed by atoms with Crippen LogP contribution in [0.25, 0.3) is 0 Å². The van der Waals surface area contributed by atoms with Crippen LogP contribution in [0, 0.1) is 0 Å². The molecule has 2 rings (SSSR count). The molecule has 11 heavy (non-hydrogen) atoms. The number of nitrogens with one attached hydrogen (secondary N) is 1. The second kappa shape index (κ2) is 3.09. The van der Waals surface area contributed by atoms with Gasteiger partial charge < -0.3 is 10.1 Å². The summed E-state index contributed by atoms with van der Waals surface area (Å²) in [4.78, 5) is 2.40. The van der Waals surface area contributed by atoms with E-state index >= 15 is 0 Å². The lowest BCUT2D eigenvalue weighted by molar-refractivity contribution is -0.0730. The maximum atomic E-state index is 5.67. The van der Waals surface area contributed by atoms with E-state index in [1.165, 1.54) is 6.42 Å². The number of likely N-dealkylation sites (N-methyl/N-ethyl adjacent to an activating group) is 1. The maximum absolute atomic E-state index is 5.67. The molecule has 1 N–H and O–H groups in total. The van der Waals surface area contributed by atoms with Gasteiger partial charge in [-0.1, -0.05) is 0 Å². The van der Waals surface area contributed by atoms with Crippen molar-refractivity contribution in [2.45, 2.75) is 18.6 Å². The van der Waals surface area contributed by atoms with Gasteiger partial charge in [-0.05, 0) is 20.0 Å². The zero-order valence-electron chi connectivity index (χ0n) is 7.05. The van der Waals surface area contributed by atoms with Crippen LogP contribution in [0.1, 0.15) is 6.42 Å². The Morgan fingerprint density at radius 3 is 3.27 bits per heavy atom. The molecule has 64 valence electrons. The van der Waals surface area contributed by atoms with Gasteiger partial charge in [0.1, 0.15) is 0 Å². The molecule has 0 amide bonds. The lowest BCUT2D eigenvalue weighted by Gasteiger charge is -2.42. The molecule has 2 atom stereocenters. The Hall–Kier alpha value is -0.120. The van der Waals surface area contributed by atoms with E-state index in [0.29, 0.717) is 12.1 Å². The Morgan fingerprint density at radius 2 is 2.45 bits per heavy atom. The van der Waals surface area contributed by atoms with E-state index in [0.717, 1.165) is 26.2 Å². The third-order valence-corrected chi connectivity index (χ3v) is 2.73. The molecule has 0 aliphatic carbocycles. The Kier molecular flexibility index (Phi) is 2.11. The van der Waals surface area contributed by atoms with Crippen molar-refractivity contribution in [2.24, 2.45) is 0 Å². The third kappa shape index (κ3) is 1.41. The molecule has 0 aromatic carbocycles. The smallest absolute Gasteiger partial charge is 0.0755 e. The fraction of sp³-hybridized carbons (Fsp3) is 1.00. The number of fused-ring (bicyclic) bond motifs is 1. The largest absolute Gasteiger partial charge is 0.375 e. The Bertz CT molecular complexity index is 138. The first kappa shape index (κ1) is 7.53. The van der Waals surface area contributed by atoms with E-state index in [1.807, 2.05) is 0 Å². The molecule has 0 unspecified atom stereocenters. The molecule has 2 aliphatic rings. The SMILES string of the molecule is CN1CCO[C@@H]2CCNC[C@@H]21. The molecule has 0 bridgehead atoms. The van der Waals surface area contributed by atoms with Crippen molar-refractivity contribution in [2.75, 3.05) is 33.3 Å². The number of morpholine rings is 1. The van der Waals surface area contributed by atoms with Crippen molar-refractivity contribution in [3.8, 4) is 0 Å². The maximum Gasteiger partial charge on any atom is 0.0755 e. The van der Waals surface area contributed by atoms with E-state index in [4.69, 9.17) is 4.74 Å². The highest BCUT2D eigenvalue weighted by Crippen LogP contribution is 2.17. The number of hydrogen-bond acceptors (Lipinski definition) is 3. The van der Waals surface area contributed by atoms with Gasteiger partial charge in [0, 0.05) is 19.1 Å². The number of piperidine rings is 1. The fourth-order valence-corrected chi connectivity index (χ4v) is 1.97. The van der Waals surface area contributed by atoms with Gasteiger partial charge in [0.25, 0.3) is 0 Å². The average Bonchev–Trinajstić information content (AvgIpc) is 2.06. The second-order valence-corrected chi connectivity index (χ2v) is 3.45. The summed E-state index contributed by atoms with van der Waals surface area (Å²) in [5.74, 6) is 0. The van der Waals surface area contributed by atoms with Crippen molar-refractivity contribution >= 4 is 0 Å². The molecule has 2 fully saturated rings. The normalized spacial score (nSPS) is 40.1. The van der Waals surface area contributed by atoms with Crippen molar-refractivity contribution < 1.29 is 4.74 Å². The molecular formula is C8H16N2O. The second-order valence-electron chi connectivity index (χ2n) is 3.45. The molecule has 2 aliphatic heterocycles. The van der Waals surface area contributed by atoms with Crippen LogP contribution in [-0.4, -0.2) is 50.3 Å². The summed E-state index contributed by atoms with van der Waals surface area (Å²) in [5, 5.41) is 3.39. The molecule has 0 radical (unpaired) electrons. The number of rotatable bonds is 0. The summed E-state index contributed by atoms with van der Waals surface area (Å²) in [7, 11) is 2.19. The van der Waals surface area contributed by atoms with Crippen LogP contribution in [0.2, 0.25) is 0 Å². The molecule has 3 heteroatoms. The van der Waals surface area contributed by atoms with Crippen LogP contribution in [0.4, 0.5) is 0 Å². The average molecular weight is 156 g/mol. The molecule has 0 spiro atoms. The minimum Gasteiger partial charge on any atom is -0.375 e.